The number of esters is 1. The predicted octanol–water partition coefficient (Wildman–Crippen LogP) is 8.04. The molecule has 0 aliphatic rings. The first-order chi connectivity index (χ1) is 12.7. The van der Waals surface area contributed by atoms with Crippen LogP contribution in [0.4, 0.5) is 0 Å². The van der Waals surface area contributed by atoms with Gasteiger partial charge in [0.05, 0.1) is 6.61 Å². The summed E-state index contributed by atoms with van der Waals surface area (Å²) in [5.74, 6) is 3.61. The molecule has 0 radical (unpaired) electrons. The zero-order chi connectivity index (χ0) is 20.7. The average Bonchev–Trinajstić information content (AvgIpc) is 2.53. The van der Waals surface area contributed by atoms with Gasteiger partial charge in [0.1, 0.15) is 0 Å². The lowest BCUT2D eigenvalue weighted by Crippen LogP contribution is -2.11. The van der Waals surface area contributed by atoms with Crippen molar-refractivity contribution in [3.8, 4) is 0 Å². The Kier molecular flexibility index (Phi) is 16.1. The Morgan fingerprint density at radius 1 is 0.593 bits per heavy atom. The summed E-state index contributed by atoms with van der Waals surface area (Å²) in [6.45, 7) is 16.5. The predicted molar refractivity (Wildman–Crippen MR) is 119 cm³/mol. The van der Waals surface area contributed by atoms with Crippen molar-refractivity contribution in [2.75, 3.05) is 6.61 Å². The van der Waals surface area contributed by atoms with Crippen molar-refractivity contribution in [3.05, 3.63) is 0 Å². The van der Waals surface area contributed by atoms with Crippen LogP contribution in [0.25, 0.3) is 0 Å². The van der Waals surface area contributed by atoms with Gasteiger partial charge in [-0.05, 0) is 36.0 Å². The third kappa shape index (κ3) is 18.6. The molecule has 0 saturated heterocycles. The average molecular weight is 383 g/mol. The topological polar surface area (TPSA) is 26.3 Å². The van der Waals surface area contributed by atoms with E-state index in [1.807, 2.05) is 0 Å². The van der Waals surface area contributed by atoms with Crippen LogP contribution in [-0.2, 0) is 9.53 Å². The Hall–Kier alpha value is -0.530. The molecular weight excluding hydrogens is 332 g/mol. The van der Waals surface area contributed by atoms with E-state index in [4.69, 9.17) is 4.74 Å². The second kappa shape index (κ2) is 16.4. The number of carbonyl (C=O) groups excluding carboxylic acids is 1. The second-order valence-electron chi connectivity index (χ2n) is 10.1. The van der Waals surface area contributed by atoms with Gasteiger partial charge in [0, 0.05) is 6.42 Å². The Balaban J connectivity index is 3.58. The quantitative estimate of drug-likeness (QED) is 0.238. The van der Waals surface area contributed by atoms with Crippen molar-refractivity contribution in [1.29, 1.82) is 0 Å². The Morgan fingerprint density at radius 2 is 1.00 bits per heavy atom. The molecule has 0 aromatic heterocycles. The van der Waals surface area contributed by atoms with Crippen molar-refractivity contribution in [2.45, 2.75) is 119 Å². The maximum atomic E-state index is 11.6. The molecular formula is C25H50O2. The third-order valence-electron chi connectivity index (χ3n) is 5.71. The summed E-state index contributed by atoms with van der Waals surface area (Å²) in [7, 11) is 0. The van der Waals surface area contributed by atoms with E-state index in [0.29, 0.717) is 24.9 Å². The van der Waals surface area contributed by atoms with Crippen LogP contribution in [0.2, 0.25) is 0 Å². The minimum atomic E-state index is -0.0377. The second-order valence-corrected chi connectivity index (χ2v) is 10.1. The summed E-state index contributed by atoms with van der Waals surface area (Å²) in [4.78, 5) is 11.6. The first kappa shape index (κ1) is 26.5. The van der Waals surface area contributed by atoms with Gasteiger partial charge in [0.25, 0.3) is 0 Å². The van der Waals surface area contributed by atoms with Crippen molar-refractivity contribution in [3.63, 3.8) is 0 Å². The van der Waals surface area contributed by atoms with Gasteiger partial charge in [-0.25, -0.2) is 0 Å². The van der Waals surface area contributed by atoms with Crippen LogP contribution in [-0.4, -0.2) is 12.6 Å². The van der Waals surface area contributed by atoms with E-state index in [2.05, 4.69) is 48.5 Å². The zero-order valence-electron chi connectivity index (χ0n) is 19.7. The normalized spacial score (nSPS) is 15.1. The lowest BCUT2D eigenvalue weighted by atomic mass is 9.91. The molecule has 0 bridgehead atoms. The highest BCUT2D eigenvalue weighted by Gasteiger charge is 2.10. The Morgan fingerprint density at radius 3 is 1.41 bits per heavy atom. The summed E-state index contributed by atoms with van der Waals surface area (Å²) in [6, 6.07) is 0. The highest BCUT2D eigenvalue weighted by Crippen LogP contribution is 2.22. The first-order valence-corrected chi connectivity index (χ1v) is 11.9. The monoisotopic (exact) mass is 382 g/mol. The highest BCUT2D eigenvalue weighted by atomic mass is 16.5. The molecule has 0 aromatic carbocycles. The standard InChI is InChI=1S/C25H50O2/c1-20(2)11-8-12-22(5)13-9-14-23(6)15-10-16-24(7)17-18-27-25(26)19-21(3)4/h20-24H,8-19H2,1-7H3. The number of hydrogen-bond acceptors (Lipinski definition) is 2. The van der Waals surface area contributed by atoms with Gasteiger partial charge in [0.2, 0.25) is 0 Å². The van der Waals surface area contributed by atoms with Crippen LogP contribution >= 0.6 is 0 Å². The molecule has 0 heterocycles. The van der Waals surface area contributed by atoms with Crippen LogP contribution in [0.5, 0.6) is 0 Å². The molecule has 0 spiro atoms. The minimum absolute atomic E-state index is 0.0377. The summed E-state index contributed by atoms with van der Waals surface area (Å²) in [6.07, 6.45) is 13.8. The molecule has 162 valence electrons. The first-order valence-electron chi connectivity index (χ1n) is 11.9. The third-order valence-corrected chi connectivity index (χ3v) is 5.71. The van der Waals surface area contributed by atoms with E-state index in [9.17, 15) is 4.79 Å². The zero-order valence-corrected chi connectivity index (χ0v) is 19.7. The lowest BCUT2D eigenvalue weighted by Gasteiger charge is -2.16. The van der Waals surface area contributed by atoms with Gasteiger partial charge < -0.3 is 4.74 Å². The van der Waals surface area contributed by atoms with E-state index in [1.165, 1.54) is 57.8 Å². The molecule has 2 nitrogen and oxygen atoms in total. The molecule has 27 heavy (non-hydrogen) atoms. The summed E-state index contributed by atoms with van der Waals surface area (Å²) >= 11 is 0. The van der Waals surface area contributed by atoms with E-state index >= 15 is 0 Å². The van der Waals surface area contributed by atoms with E-state index < -0.39 is 0 Å². The molecule has 0 saturated carbocycles. The van der Waals surface area contributed by atoms with E-state index in [-0.39, 0.29) is 5.97 Å². The summed E-state index contributed by atoms with van der Waals surface area (Å²) < 4.78 is 5.33. The number of hydrogen-bond donors (Lipinski definition) is 0. The lowest BCUT2D eigenvalue weighted by molar-refractivity contribution is -0.144. The number of carbonyl (C=O) groups is 1. The van der Waals surface area contributed by atoms with Gasteiger partial charge >= 0.3 is 5.97 Å². The summed E-state index contributed by atoms with van der Waals surface area (Å²) in [5.41, 5.74) is 0. The highest BCUT2D eigenvalue weighted by molar-refractivity contribution is 5.69. The molecule has 0 amide bonds. The van der Waals surface area contributed by atoms with Crippen LogP contribution in [0.1, 0.15) is 119 Å². The maximum Gasteiger partial charge on any atom is 0.306 e. The van der Waals surface area contributed by atoms with Crippen LogP contribution in [0.3, 0.4) is 0 Å². The molecule has 3 atom stereocenters. The van der Waals surface area contributed by atoms with Gasteiger partial charge in [-0.2, -0.15) is 0 Å². The van der Waals surface area contributed by atoms with Gasteiger partial charge in [0.15, 0.2) is 0 Å². The summed E-state index contributed by atoms with van der Waals surface area (Å²) in [5, 5.41) is 0. The van der Waals surface area contributed by atoms with E-state index in [0.717, 1.165) is 24.2 Å². The van der Waals surface area contributed by atoms with Crippen molar-refractivity contribution in [2.24, 2.45) is 29.6 Å². The molecule has 3 unspecified atom stereocenters. The largest absolute Gasteiger partial charge is 0.466 e. The Bertz CT molecular complexity index is 348. The molecule has 0 aliphatic heterocycles. The smallest absolute Gasteiger partial charge is 0.306 e. The molecule has 2 heteroatoms. The van der Waals surface area contributed by atoms with Crippen LogP contribution in [0, 0.1) is 29.6 Å². The number of ether oxygens (including phenoxy) is 1. The van der Waals surface area contributed by atoms with Crippen molar-refractivity contribution < 1.29 is 9.53 Å². The molecule has 0 N–H and O–H groups in total. The van der Waals surface area contributed by atoms with Gasteiger partial charge in [-0.1, -0.05) is 106 Å². The molecule has 0 fully saturated rings. The van der Waals surface area contributed by atoms with Crippen molar-refractivity contribution >= 4 is 5.97 Å². The fourth-order valence-electron chi connectivity index (χ4n) is 3.70. The van der Waals surface area contributed by atoms with Crippen molar-refractivity contribution in [1.82, 2.24) is 0 Å². The van der Waals surface area contributed by atoms with Crippen LogP contribution < -0.4 is 0 Å². The fraction of sp³-hybridized carbons (Fsp3) is 0.960. The number of rotatable bonds is 17. The van der Waals surface area contributed by atoms with Gasteiger partial charge in [-0.15, -0.1) is 0 Å². The van der Waals surface area contributed by atoms with E-state index in [1.54, 1.807) is 0 Å². The fourth-order valence-corrected chi connectivity index (χ4v) is 3.70. The molecule has 0 aromatic rings. The Labute approximate surface area is 171 Å². The minimum Gasteiger partial charge on any atom is -0.466 e. The van der Waals surface area contributed by atoms with Gasteiger partial charge in [-0.3, -0.25) is 4.79 Å². The molecule has 0 aliphatic carbocycles. The van der Waals surface area contributed by atoms with Crippen LogP contribution in [0.15, 0.2) is 0 Å². The SMILES string of the molecule is CC(C)CCCC(C)CCCC(C)CCCC(C)CCOC(=O)CC(C)C. The molecule has 0 rings (SSSR count). The maximum absolute atomic E-state index is 11.6.